The van der Waals surface area contributed by atoms with E-state index in [9.17, 15) is 4.39 Å². The number of allylic oxidation sites excluding steroid dienone is 1. The molecule has 2 nitrogen and oxygen atoms in total. The van der Waals surface area contributed by atoms with Gasteiger partial charge in [-0.15, -0.1) is 0 Å². The van der Waals surface area contributed by atoms with E-state index >= 15 is 0 Å². The molecule has 0 spiro atoms. The summed E-state index contributed by atoms with van der Waals surface area (Å²) in [6, 6.07) is 4.48. The summed E-state index contributed by atoms with van der Waals surface area (Å²) < 4.78 is 13.1. The van der Waals surface area contributed by atoms with Crippen molar-refractivity contribution in [3.8, 4) is 0 Å². The van der Waals surface area contributed by atoms with Crippen LogP contribution in [0.25, 0.3) is 17.1 Å². The third-order valence-electron chi connectivity index (χ3n) is 2.39. The molecule has 0 aliphatic carbocycles. The van der Waals surface area contributed by atoms with Gasteiger partial charge < -0.3 is 0 Å². The molecule has 82 valence electrons. The first-order valence-electron chi connectivity index (χ1n) is 5.33. The molecule has 2 rings (SSSR count). The van der Waals surface area contributed by atoms with E-state index in [0.717, 1.165) is 23.3 Å². The highest BCUT2D eigenvalue weighted by Gasteiger charge is 2.05. The zero-order chi connectivity index (χ0) is 11.5. The first kappa shape index (κ1) is 10.7. The second-order valence-corrected chi connectivity index (χ2v) is 3.54. The number of hydrogen-bond donors (Lipinski definition) is 0. The fourth-order valence-corrected chi connectivity index (χ4v) is 1.63. The number of aromatic nitrogens is 2. The fourth-order valence-electron chi connectivity index (χ4n) is 1.63. The number of fused-ring (bicyclic) bond motifs is 1. The SMILES string of the molecule is C/C=C/c1nc2cc(F)ccc2nc1CC. The number of halogens is 1. The highest BCUT2D eigenvalue weighted by Crippen LogP contribution is 2.15. The van der Waals surface area contributed by atoms with Crippen molar-refractivity contribution in [1.82, 2.24) is 9.97 Å². The molecule has 0 N–H and O–H groups in total. The fraction of sp³-hybridized carbons (Fsp3) is 0.231. The summed E-state index contributed by atoms with van der Waals surface area (Å²) in [5.41, 5.74) is 3.11. The topological polar surface area (TPSA) is 25.8 Å². The highest BCUT2D eigenvalue weighted by molar-refractivity contribution is 5.75. The molecule has 0 aliphatic heterocycles. The van der Waals surface area contributed by atoms with Crippen LogP contribution in [0.3, 0.4) is 0 Å². The van der Waals surface area contributed by atoms with Crippen molar-refractivity contribution in [1.29, 1.82) is 0 Å². The van der Waals surface area contributed by atoms with E-state index in [1.807, 2.05) is 26.0 Å². The molecule has 0 atom stereocenters. The summed E-state index contributed by atoms with van der Waals surface area (Å²) in [5.74, 6) is -0.280. The molecule has 1 aromatic heterocycles. The van der Waals surface area contributed by atoms with E-state index in [2.05, 4.69) is 9.97 Å². The molecule has 0 radical (unpaired) electrons. The normalized spacial score (nSPS) is 11.4. The number of nitrogens with zero attached hydrogens (tertiary/aromatic N) is 2. The van der Waals surface area contributed by atoms with Gasteiger partial charge in [0, 0.05) is 6.07 Å². The zero-order valence-electron chi connectivity index (χ0n) is 9.37. The van der Waals surface area contributed by atoms with Crippen molar-refractivity contribution in [2.75, 3.05) is 0 Å². The Morgan fingerprint density at radius 1 is 1.25 bits per heavy atom. The van der Waals surface area contributed by atoms with Gasteiger partial charge in [0.2, 0.25) is 0 Å². The molecule has 1 heterocycles. The minimum atomic E-state index is -0.280. The Morgan fingerprint density at radius 2 is 2.06 bits per heavy atom. The van der Waals surface area contributed by atoms with Crippen LogP contribution in [0.5, 0.6) is 0 Å². The monoisotopic (exact) mass is 216 g/mol. The van der Waals surface area contributed by atoms with Gasteiger partial charge in [-0.3, -0.25) is 0 Å². The van der Waals surface area contributed by atoms with Gasteiger partial charge in [0.1, 0.15) is 5.82 Å². The van der Waals surface area contributed by atoms with Gasteiger partial charge in [-0.2, -0.15) is 0 Å². The molecule has 0 unspecified atom stereocenters. The molecule has 0 bridgehead atoms. The van der Waals surface area contributed by atoms with Gasteiger partial charge in [-0.05, 0) is 31.6 Å². The average molecular weight is 216 g/mol. The Labute approximate surface area is 93.9 Å². The lowest BCUT2D eigenvalue weighted by Gasteiger charge is -2.04. The summed E-state index contributed by atoms with van der Waals surface area (Å²) in [7, 11) is 0. The van der Waals surface area contributed by atoms with E-state index < -0.39 is 0 Å². The van der Waals surface area contributed by atoms with Gasteiger partial charge in [0.25, 0.3) is 0 Å². The molecule has 1 aromatic carbocycles. The maximum absolute atomic E-state index is 13.1. The van der Waals surface area contributed by atoms with Crippen molar-refractivity contribution >= 4 is 17.1 Å². The first-order chi connectivity index (χ1) is 7.74. The molecule has 16 heavy (non-hydrogen) atoms. The van der Waals surface area contributed by atoms with Crippen LogP contribution in [0.1, 0.15) is 25.2 Å². The van der Waals surface area contributed by atoms with Crippen molar-refractivity contribution in [2.24, 2.45) is 0 Å². The number of benzene rings is 1. The largest absolute Gasteiger partial charge is 0.249 e. The smallest absolute Gasteiger partial charge is 0.125 e. The van der Waals surface area contributed by atoms with Crippen LogP contribution in [-0.4, -0.2) is 9.97 Å². The molecule has 0 saturated carbocycles. The number of rotatable bonds is 2. The predicted molar refractivity (Wildman–Crippen MR) is 63.6 cm³/mol. The van der Waals surface area contributed by atoms with Gasteiger partial charge in [-0.1, -0.05) is 13.0 Å². The van der Waals surface area contributed by atoms with Crippen LogP contribution in [-0.2, 0) is 6.42 Å². The summed E-state index contributed by atoms with van der Waals surface area (Å²) in [4.78, 5) is 8.88. The van der Waals surface area contributed by atoms with Crippen LogP contribution >= 0.6 is 0 Å². The van der Waals surface area contributed by atoms with E-state index in [-0.39, 0.29) is 5.82 Å². The Morgan fingerprint density at radius 3 is 2.75 bits per heavy atom. The van der Waals surface area contributed by atoms with Crippen molar-refractivity contribution < 1.29 is 4.39 Å². The third-order valence-corrected chi connectivity index (χ3v) is 2.39. The summed E-state index contributed by atoms with van der Waals surface area (Å²) in [6.07, 6.45) is 4.63. The molecule has 0 aliphatic rings. The van der Waals surface area contributed by atoms with Crippen LogP contribution in [0, 0.1) is 5.82 Å². The maximum Gasteiger partial charge on any atom is 0.125 e. The molecule has 0 saturated heterocycles. The Bertz CT molecular complexity index is 547. The highest BCUT2D eigenvalue weighted by atomic mass is 19.1. The van der Waals surface area contributed by atoms with Gasteiger partial charge in [0.05, 0.1) is 22.4 Å². The molecular weight excluding hydrogens is 203 g/mol. The first-order valence-corrected chi connectivity index (χ1v) is 5.33. The minimum Gasteiger partial charge on any atom is -0.249 e. The van der Waals surface area contributed by atoms with Crippen LogP contribution in [0.15, 0.2) is 24.3 Å². The van der Waals surface area contributed by atoms with Gasteiger partial charge >= 0.3 is 0 Å². The lowest BCUT2D eigenvalue weighted by Crippen LogP contribution is -1.97. The molecule has 2 aromatic rings. The van der Waals surface area contributed by atoms with E-state index in [1.165, 1.54) is 12.1 Å². The van der Waals surface area contributed by atoms with Crippen molar-refractivity contribution in [3.05, 3.63) is 41.5 Å². The van der Waals surface area contributed by atoms with Crippen LogP contribution < -0.4 is 0 Å². The van der Waals surface area contributed by atoms with E-state index in [4.69, 9.17) is 0 Å². The average Bonchev–Trinajstić information content (AvgIpc) is 2.28. The van der Waals surface area contributed by atoms with E-state index in [1.54, 1.807) is 6.07 Å². The molecular formula is C13H13FN2. The quantitative estimate of drug-likeness (QED) is 0.769. The second-order valence-electron chi connectivity index (χ2n) is 3.54. The summed E-state index contributed by atoms with van der Waals surface area (Å²) in [5, 5.41) is 0. The minimum absolute atomic E-state index is 0.280. The standard InChI is InChI=1S/C13H13FN2/c1-3-5-11-10(4-2)15-12-7-6-9(14)8-13(12)16-11/h3,5-8H,4H2,1-2H3/b5-3+. The van der Waals surface area contributed by atoms with Crippen molar-refractivity contribution in [3.63, 3.8) is 0 Å². The Kier molecular flexibility index (Phi) is 2.95. The van der Waals surface area contributed by atoms with Gasteiger partial charge in [-0.25, -0.2) is 14.4 Å². The molecule has 0 fully saturated rings. The molecule has 0 amide bonds. The third kappa shape index (κ3) is 1.94. The zero-order valence-corrected chi connectivity index (χ0v) is 9.37. The predicted octanol–water partition coefficient (Wildman–Crippen LogP) is 3.36. The van der Waals surface area contributed by atoms with Gasteiger partial charge in [0.15, 0.2) is 0 Å². The lowest BCUT2D eigenvalue weighted by molar-refractivity contribution is 0.629. The number of hydrogen-bond acceptors (Lipinski definition) is 2. The van der Waals surface area contributed by atoms with Crippen molar-refractivity contribution in [2.45, 2.75) is 20.3 Å². The lowest BCUT2D eigenvalue weighted by atomic mass is 10.2. The summed E-state index contributed by atoms with van der Waals surface area (Å²) >= 11 is 0. The van der Waals surface area contributed by atoms with Crippen LogP contribution in [0.2, 0.25) is 0 Å². The number of aryl methyl sites for hydroxylation is 1. The van der Waals surface area contributed by atoms with E-state index in [0.29, 0.717) is 5.52 Å². The Balaban J connectivity index is 2.70. The summed E-state index contributed by atoms with van der Waals surface area (Å²) in [6.45, 7) is 3.96. The van der Waals surface area contributed by atoms with Crippen LogP contribution in [0.4, 0.5) is 4.39 Å². The Hall–Kier alpha value is -1.77. The molecule has 3 heteroatoms. The second kappa shape index (κ2) is 4.39. The maximum atomic E-state index is 13.1.